The standard InChI is InChI=1S/C25H25FN6OS/c1-4-15-31-24(20-12-8-9-13-21(20)26)28-29-25(31)34-16-14-22(33)27-23-17(2)30-32(18(23)3)19-10-6-5-7-11-19/h4-13H,1,14-16H2,2-3H3,(H,27,33). The second kappa shape index (κ2) is 10.5. The largest absolute Gasteiger partial charge is 0.323 e. The summed E-state index contributed by atoms with van der Waals surface area (Å²) < 4.78 is 17.9. The minimum Gasteiger partial charge on any atom is -0.323 e. The summed E-state index contributed by atoms with van der Waals surface area (Å²) in [5, 5.41) is 16.6. The molecule has 2 heterocycles. The summed E-state index contributed by atoms with van der Waals surface area (Å²) in [4.78, 5) is 12.7. The van der Waals surface area contributed by atoms with Gasteiger partial charge >= 0.3 is 0 Å². The molecule has 1 amide bonds. The van der Waals surface area contributed by atoms with Crippen molar-refractivity contribution in [3.63, 3.8) is 0 Å². The Morgan fingerprint density at radius 3 is 2.59 bits per heavy atom. The Bertz CT molecular complexity index is 1310. The highest BCUT2D eigenvalue weighted by Crippen LogP contribution is 2.27. The van der Waals surface area contributed by atoms with Crippen LogP contribution in [0.5, 0.6) is 0 Å². The number of hydrogen-bond donors (Lipinski definition) is 1. The van der Waals surface area contributed by atoms with Crippen LogP contribution < -0.4 is 5.32 Å². The number of nitrogens with zero attached hydrogens (tertiary/aromatic N) is 5. The first-order chi connectivity index (χ1) is 16.5. The summed E-state index contributed by atoms with van der Waals surface area (Å²) in [6.45, 7) is 8.01. The Labute approximate surface area is 201 Å². The minimum absolute atomic E-state index is 0.115. The summed E-state index contributed by atoms with van der Waals surface area (Å²) in [5.74, 6) is 0.446. The molecule has 0 unspecified atom stereocenters. The molecule has 4 rings (SSSR count). The fourth-order valence-corrected chi connectivity index (χ4v) is 4.50. The molecule has 174 valence electrons. The summed E-state index contributed by atoms with van der Waals surface area (Å²) in [7, 11) is 0. The van der Waals surface area contributed by atoms with Crippen LogP contribution in [-0.2, 0) is 11.3 Å². The van der Waals surface area contributed by atoms with Crippen LogP contribution in [0.2, 0.25) is 0 Å². The number of hydrogen-bond acceptors (Lipinski definition) is 5. The number of rotatable bonds is 9. The summed E-state index contributed by atoms with van der Waals surface area (Å²) >= 11 is 1.40. The lowest BCUT2D eigenvalue weighted by molar-refractivity contribution is -0.115. The van der Waals surface area contributed by atoms with Crippen molar-refractivity contribution in [2.24, 2.45) is 0 Å². The van der Waals surface area contributed by atoms with E-state index in [1.807, 2.05) is 48.9 Å². The first kappa shape index (κ1) is 23.4. The molecule has 0 aliphatic heterocycles. The van der Waals surface area contributed by atoms with Crippen molar-refractivity contribution in [3.8, 4) is 17.1 Å². The van der Waals surface area contributed by atoms with Gasteiger partial charge in [-0.1, -0.05) is 48.2 Å². The van der Waals surface area contributed by atoms with Crippen molar-refractivity contribution in [1.82, 2.24) is 24.5 Å². The van der Waals surface area contributed by atoms with Crippen LogP contribution in [0.3, 0.4) is 0 Å². The van der Waals surface area contributed by atoms with Gasteiger partial charge in [0, 0.05) is 18.7 Å². The second-order valence-electron chi connectivity index (χ2n) is 7.63. The molecule has 4 aromatic rings. The van der Waals surface area contributed by atoms with Gasteiger partial charge in [0.15, 0.2) is 11.0 Å². The average molecular weight is 477 g/mol. The zero-order valence-corrected chi connectivity index (χ0v) is 19.8. The molecule has 0 spiro atoms. The first-order valence-corrected chi connectivity index (χ1v) is 11.8. The van der Waals surface area contributed by atoms with Crippen LogP contribution >= 0.6 is 11.8 Å². The quantitative estimate of drug-likeness (QED) is 0.266. The number of amides is 1. The van der Waals surface area contributed by atoms with E-state index in [0.29, 0.717) is 28.8 Å². The lowest BCUT2D eigenvalue weighted by Crippen LogP contribution is -2.13. The third-order valence-electron chi connectivity index (χ3n) is 5.26. The van der Waals surface area contributed by atoms with E-state index < -0.39 is 0 Å². The SMILES string of the molecule is C=CCn1c(SCCC(=O)Nc2c(C)nn(-c3ccccc3)c2C)nnc1-c1ccccc1F. The van der Waals surface area contributed by atoms with Gasteiger partial charge in [-0.05, 0) is 38.1 Å². The van der Waals surface area contributed by atoms with E-state index >= 15 is 0 Å². The van der Waals surface area contributed by atoms with Crippen molar-refractivity contribution in [1.29, 1.82) is 0 Å². The maximum atomic E-state index is 14.3. The Morgan fingerprint density at radius 2 is 1.85 bits per heavy atom. The van der Waals surface area contributed by atoms with E-state index in [4.69, 9.17) is 0 Å². The molecule has 9 heteroatoms. The van der Waals surface area contributed by atoms with Gasteiger partial charge in [-0.3, -0.25) is 9.36 Å². The predicted octanol–water partition coefficient (Wildman–Crippen LogP) is 5.19. The number of nitrogens with one attached hydrogen (secondary N) is 1. The van der Waals surface area contributed by atoms with E-state index in [0.717, 1.165) is 22.8 Å². The Balaban J connectivity index is 1.42. The highest BCUT2D eigenvalue weighted by Gasteiger charge is 2.18. The number of halogens is 1. The summed E-state index contributed by atoms with van der Waals surface area (Å²) in [6, 6.07) is 16.2. The third kappa shape index (κ3) is 4.94. The Hall–Kier alpha value is -3.72. The fraction of sp³-hybridized carbons (Fsp3) is 0.200. The van der Waals surface area contributed by atoms with Gasteiger partial charge < -0.3 is 5.32 Å². The monoisotopic (exact) mass is 476 g/mol. The van der Waals surface area contributed by atoms with Crippen molar-refractivity contribution in [3.05, 3.63) is 84.5 Å². The topological polar surface area (TPSA) is 77.6 Å². The molecule has 0 fully saturated rings. The van der Waals surface area contributed by atoms with Crippen LogP contribution in [0.1, 0.15) is 17.8 Å². The number of aryl methyl sites for hydroxylation is 1. The number of thioether (sulfide) groups is 1. The maximum absolute atomic E-state index is 14.3. The molecular formula is C25H25FN6OS. The lowest BCUT2D eigenvalue weighted by Gasteiger charge is -2.09. The van der Waals surface area contributed by atoms with Crippen molar-refractivity contribution in [2.45, 2.75) is 32.0 Å². The zero-order valence-electron chi connectivity index (χ0n) is 19.0. The van der Waals surface area contributed by atoms with Gasteiger partial charge in [-0.25, -0.2) is 9.07 Å². The predicted molar refractivity (Wildman–Crippen MR) is 133 cm³/mol. The third-order valence-corrected chi connectivity index (χ3v) is 6.23. The van der Waals surface area contributed by atoms with Gasteiger partial charge in [0.1, 0.15) is 5.82 Å². The summed E-state index contributed by atoms with van der Waals surface area (Å²) in [5.41, 5.74) is 3.65. The van der Waals surface area contributed by atoms with Crippen molar-refractivity contribution in [2.75, 3.05) is 11.1 Å². The van der Waals surface area contributed by atoms with Crippen molar-refractivity contribution < 1.29 is 9.18 Å². The molecular weight excluding hydrogens is 451 g/mol. The van der Waals surface area contributed by atoms with Crippen LogP contribution in [0, 0.1) is 19.7 Å². The molecule has 0 aliphatic carbocycles. The number of carbonyl (C=O) groups excluding carboxylic acids is 1. The number of para-hydroxylation sites is 1. The minimum atomic E-state index is -0.363. The number of aromatic nitrogens is 5. The lowest BCUT2D eigenvalue weighted by atomic mass is 10.2. The van der Waals surface area contributed by atoms with E-state index in [1.54, 1.807) is 28.8 Å². The molecule has 0 bridgehead atoms. The zero-order chi connectivity index (χ0) is 24.1. The van der Waals surface area contributed by atoms with Gasteiger partial charge in [0.05, 0.1) is 28.3 Å². The highest BCUT2D eigenvalue weighted by molar-refractivity contribution is 7.99. The molecule has 0 atom stereocenters. The molecule has 7 nitrogen and oxygen atoms in total. The first-order valence-electron chi connectivity index (χ1n) is 10.8. The van der Waals surface area contributed by atoms with E-state index in [1.165, 1.54) is 17.8 Å². The number of benzene rings is 2. The van der Waals surface area contributed by atoms with Crippen LogP contribution in [0.4, 0.5) is 10.1 Å². The number of allylic oxidation sites excluding steroid dienone is 1. The molecule has 0 saturated heterocycles. The highest BCUT2D eigenvalue weighted by atomic mass is 32.2. The number of carbonyl (C=O) groups is 1. The summed E-state index contributed by atoms with van der Waals surface area (Å²) in [6.07, 6.45) is 1.98. The van der Waals surface area contributed by atoms with Gasteiger partial charge in [0.25, 0.3) is 0 Å². The molecule has 1 N–H and O–H groups in total. The Morgan fingerprint density at radius 1 is 1.12 bits per heavy atom. The van der Waals surface area contributed by atoms with Gasteiger partial charge in [0.2, 0.25) is 5.91 Å². The van der Waals surface area contributed by atoms with Crippen LogP contribution in [0.25, 0.3) is 17.1 Å². The fourth-order valence-electron chi connectivity index (χ4n) is 3.61. The van der Waals surface area contributed by atoms with Gasteiger partial charge in [-0.15, -0.1) is 16.8 Å². The van der Waals surface area contributed by atoms with E-state index in [-0.39, 0.29) is 18.1 Å². The molecule has 2 aromatic heterocycles. The maximum Gasteiger partial charge on any atom is 0.225 e. The molecule has 0 saturated carbocycles. The molecule has 0 radical (unpaired) electrons. The normalized spacial score (nSPS) is 10.9. The smallest absolute Gasteiger partial charge is 0.225 e. The second-order valence-corrected chi connectivity index (χ2v) is 8.69. The van der Waals surface area contributed by atoms with Gasteiger partial charge in [-0.2, -0.15) is 5.10 Å². The number of anilines is 1. The van der Waals surface area contributed by atoms with Crippen molar-refractivity contribution >= 4 is 23.4 Å². The molecule has 34 heavy (non-hydrogen) atoms. The van der Waals surface area contributed by atoms with Crippen LogP contribution in [0.15, 0.2) is 72.4 Å². The Kier molecular flexibility index (Phi) is 7.22. The molecule has 2 aromatic carbocycles. The molecule has 0 aliphatic rings. The van der Waals surface area contributed by atoms with E-state index in [9.17, 15) is 9.18 Å². The van der Waals surface area contributed by atoms with Crippen LogP contribution in [-0.4, -0.2) is 36.2 Å². The average Bonchev–Trinajstić information content (AvgIpc) is 3.36. The van der Waals surface area contributed by atoms with E-state index in [2.05, 4.69) is 27.2 Å².